The Balaban J connectivity index is 1.74. The van der Waals surface area contributed by atoms with E-state index in [1.165, 1.54) is 17.4 Å². The molecule has 0 saturated carbocycles. The van der Waals surface area contributed by atoms with Gasteiger partial charge in [-0.2, -0.15) is 0 Å². The SMILES string of the molecule is CC(O)CN1CCN(c2nnc(-c3cc(Br)ccc3F)s2)CC1C. The highest BCUT2D eigenvalue weighted by Gasteiger charge is 2.26. The number of aromatic nitrogens is 2. The van der Waals surface area contributed by atoms with E-state index in [1.807, 2.05) is 6.92 Å². The van der Waals surface area contributed by atoms with Crippen LogP contribution < -0.4 is 4.90 Å². The molecule has 8 heteroatoms. The second-order valence-corrected chi connectivity index (χ2v) is 8.02. The van der Waals surface area contributed by atoms with Crippen LogP contribution in [0.2, 0.25) is 0 Å². The summed E-state index contributed by atoms with van der Waals surface area (Å²) in [7, 11) is 0. The monoisotopic (exact) mass is 414 g/mol. The van der Waals surface area contributed by atoms with Crippen LogP contribution in [0.25, 0.3) is 10.6 Å². The topological polar surface area (TPSA) is 52.5 Å². The van der Waals surface area contributed by atoms with Gasteiger partial charge in [0.15, 0.2) is 5.01 Å². The van der Waals surface area contributed by atoms with Gasteiger partial charge in [0.2, 0.25) is 5.13 Å². The molecule has 1 aromatic carbocycles. The number of halogens is 2. The van der Waals surface area contributed by atoms with Crippen LogP contribution in [0, 0.1) is 5.82 Å². The van der Waals surface area contributed by atoms with Crippen LogP contribution >= 0.6 is 27.3 Å². The van der Waals surface area contributed by atoms with Gasteiger partial charge in [-0.3, -0.25) is 4.90 Å². The van der Waals surface area contributed by atoms with Gasteiger partial charge in [-0.1, -0.05) is 27.3 Å². The number of nitrogens with zero attached hydrogens (tertiary/aromatic N) is 4. The quantitative estimate of drug-likeness (QED) is 0.832. The summed E-state index contributed by atoms with van der Waals surface area (Å²) in [5.41, 5.74) is 0.467. The smallest absolute Gasteiger partial charge is 0.208 e. The van der Waals surface area contributed by atoms with Gasteiger partial charge >= 0.3 is 0 Å². The van der Waals surface area contributed by atoms with Gasteiger partial charge in [0.1, 0.15) is 5.82 Å². The lowest BCUT2D eigenvalue weighted by molar-refractivity contribution is 0.0960. The molecule has 0 amide bonds. The first kappa shape index (κ1) is 17.7. The van der Waals surface area contributed by atoms with Gasteiger partial charge in [-0.05, 0) is 32.0 Å². The molecule has 0 spiro atoms. The van der Waals surface area contributed by atoms with E-state index in [2.05, 4.69) is 42.9 Å². The van der Waals surface area contributed by atoms with E-state index in [9.17, 15) is 9.50 Å². The van der Waals surface area contributed by atoms with Crippen LogP contribution in [0.4, 0.5) is 9.52 Å². The molecule has 1 aromatic heterocycles. The van der Waals surface area contributed by atoms with E-state index in [-0.39, 0.29) is 11.9 Å². The van der Waals surface area contributed by atoms with Crippen LogP contribution in [-0.2, 0) is 0 Å². The molecule has 130 valence electrons. The number of hydrogen-bond donors (Lipinski definition) is 1. The van der Waals surface area contributed by atoms with E-state index < -0.39 is 0 Å². The fraction of sp³-hybridized carbons (Fsp3) is 0.500. The molecule has 2 aromatic rings. The summed E-state index contributed by atoms with van der Waals surface area (Å²) in [5, 5.41) is 19.4. The Hall–Kier alpha value is -1.09. The summed E-state index contributed by atoms with van der Waals surface area (Å²) in [4.78, 5) is 4.46. The molecule has 1 fully saturated rings. The van der Waals surface area contributed by atoms with Crippen molar-refractivity contribution in [1.29, 1.82) is 0 Å². The molecule has 2 atom stereocenters. The van der Waals surface area contributed by atoms with Crippen molar-refractivity contribution < 1.29 is 9.50 Å². The predicted molar refractivity (Wildman–Crippen MR) is 97.9 cm³/mol. The molecule has 1 N–H and O–H groups in total. The van der Waals surface area contributed by atoms with Crippen molar-refractivity contribution in [2.75, 3.05) is 31.1 Å². The van der Waals surface area contributed by atoms with Gasteiger partial charge in [0.05, 0.1) is 6.10 Å². The number of β-amino-alcohol motifs (C(OH)–C–C–N with tert-alkyl or cyclic N) is 1. The number of aliphatic hydroxyl groups is 1. The molecule has 0 bridgehead atoms. The largest absolute Gasteiger partial charge is 0.392 e. The zero-order valence-electron chi connectivity index (χ0n) is 13.6. The summed E-state index contributed by atoms with van der Waals surface area (Å²) in [6.07, 6.45) is -0.327. The minimum atomic E-state index is -0.327. The molecule has 2 heterocycles. The van der Waals surface area contributed by atoms with Crippen LogP contribution in [-0.4, -0.2) is 58.5 Å². The Kier molecular flexibility index (Phi) is 5.49. The number of aliphatic hydroxyl groups excluding tert-OH is 1. The molecule has 0 aliphatic carbocycles. The first-order chi connectivity index (χ1) is 11.4. The highest BCUT2D eigenvalue weighted by atomic mass is 79.9. The first-order valence-corrected chi connectivity index (χ1v) is 9.51. The summed E-state index contributed by atoms with van der Waals surface area (Å²) < 4.78 is 14.8. The van der Waals surface area contributed by atoms with Crippen LogP contribution in [0.5, 0.6) is 0 Å². The zero-order valence-corrected chi connectivity index (χ0v) is 16.0. The Morgan fingerprint density at radius 3 is 2.92 bits per heavy atom. The molecule has 1 aliphatic heterocycles. The zero-order chi connectivity index (χ0) is 17.3. The minimum absolute atomic E-state index is 0.295. The molecule has 0 radical (unpaired) electrons. The van der Waals surface area contributed by atoms with E-state index in [0.29, 0.717) is 23.2 Å². The standard InChI is InChI=1S/C16H20BrFN4OS/c1-10-8-22(6-5-21(10)9-11(2)23)16-20-19-15(24-16)13-7-12(17)3-4-14(13)18/h3-4,7,10-11,23H,5-6,8-9H2,1-2H3. The van der Waals surface area contributed by atoms with E-state index in [0.717, 1.165) is 29.2 Å². The number of anilines is 1. The fourth-order valence-electron chi connectivity index (χ4n) is 2.89. The van der Waals surface area contributed by atoms with Crippen molar-refractivity contribution in [2.45, 2.75) is 26.0 Å². The van der Waals surface area contributed by atoms with E-state index in [4.69, 9.17) is 0 Å². The molecule has 1 aliphatic rings. The van der Waals surface area contributed by atoms with E-state index >= 15 is 0 Å². The average molecular weight is 415 g/mol. The fourth-order valence-corrected chi connectivity index (χ4v) is 4.15. The maximum Gasteiger partial charge on any atom is 0.208 e. The number of hydrogen-bond acceptors (Lipinski definition) is 6. The molecule has 5 nitrogen and oxygen atoms in total. The lowest BCUT2D eigenvalue weighted by Crippen LogP contribution is -2.53. The minimum Gasteiger partial charge on any atom is -0.392 e. The lowest BCUT2D eigenvalue weighted by atomic mass is 10.2. The van der Waals surface area contributed by atoms with Gasteiger partial charge < -0.3 is 10.0 Å². The molecule has 2 unspecified atom stereocenters. The third kappa shape index (κ3) is 3.93. The molecule has 1 saturated heterocycles. The van der Waals surface area contributed by atoms with Crippen molar-refractivity contribution >= 4 is 32.4 Å². The lowest BCUT2D eigenvalue weighted by Gasteiger charge is -2.40. The highest BCUT2D eigenvalue weighted by Crippen LogP contribution is 2.32. The summed E-state index contributed by atoms with van der Waals surface area (Å²) in [6, 6.07) is 5.15. The van der Waals surface area contributed by atoms with Gasteiger partial charge in [0, 0.05) is 42.3 Å². The molecular formula is C16H20BrFN4OS. The van der Waals surface area contributed by atoms with Crippen LogP contribution in [0.15, 0.2) is 22.7 Å². The third-order valence-corrected chi connectivity index (χ3v) is 5.62. The maximum atomic E-state index is 14.0. The number of benzene rings is 1. The first-order valence-electron chi connectivity index (χ1n) is 7.90. The van der Waals surface area contributed by atoms with Gasteiger partial charge in [0.25, 0.3) is 0 Å². The van der Waals surface area contributed by atoms with Crippen molar-refractivity contribution in [3.63, 3.8) is 0 Å². The van der Waals surface area contributed by atoms with Gasteiger partial charge in [-0.15, -0.1) is 10.2 Å². The van der Waals surface area contributed by atoms with Crippen LogP contribution in [0.1, 0.15) is 13.8 Å². The number of rotatable bonds is 4. The Labute approximate surface area is 153 Å². The Morgan fingerprint density at radius 1 is 1.42 bits per heavy atom. The third-order valence-electron chi connectivity index (χ3n) is 4.11. The van der Waals surface area contributed by atoms with Crippen molar-refractivity contribution in [2.24, 2.45) is 0 Å². The Morgan fingerprint density at radius 2 is 2.21 bits per heavy atom. The second-order valence-electron chi connectivity index (χ2n) is 6.15. The molecular weight excluding hydrogens is 395 g/mol. The van der Waals surface area contributed by atoms with Crippen molar-refractivity contribution in [3.05, 3.63) is 28.5 Å². The Bertz CT molecular complexity index is 711. The molecule has 3 rings (SSSR count). The van der Waals surface area contributed by atoms with Gasteiger partial charge in [-0.25, -0.2) is 4.39 Å². The molecule has 24 heavy (non-hydrogen) atoms. The van der Waals surface area contributed by atoms with Crippen LogP contribution in [0.3, 0.4) is 0 Å². The summed E-state index contributed by atoms with van der Waals surface area (Å²) in [5.74, 6) is -0.295. The van der Waals surface area contributed by atoms with Crippen molar-refractivity contribution in [1.82, 2.24) is 15.1 Å². The second kappa shape index (κ2) is 7.43. The predicted octanol–water partition coefficient (Wildman–Crippen LogP) is 3.00. The number of piperazine rings is 1. The average Bonchev–Trinajstić information content (AvgIpc) is 3.01. The van der Waals surface area contributed by atoms with Crippen molar-refractivity contribution in [3.8, 4) is 10.6 Å². The summed E-state index contributed by atoms with van der Waals surface area (Å²) >= 11 is 4.77. The highest BCUT2D eigenvalue weighted by molar-refractivity contribution is 9.10. The maximum absolute atomic E-state index is 14.0. The summed E-state index contributed by atoms with van der Waals surface area (Å²) in [6.45, 7) is 7.15. The van der Waals surface area contributed by atoms with E-state index in [1.54, 1.807) is 12.1 Å². The normalized spacial score (nSPS) is 20.4.